The third kappa shape index (κ3) is 5.82. The van der Waals surface area contributed by atoms with Gasteiger partial charge in [0.25, 0.3) is 0 Å². The lowest BCUT2D eigenvalue weighted by atomic mass is 9.85. The molecule has 1 aliphatic heterocycles. The SMILES string of the molecule is CC[C@@H](C)NC(=O)[C@@H](C)N(Cc1cccc(Cl)c1)C(=O)CCN1C(=O)[C@H]2CC=CC[C@H]2C1=O. The quantitative estimate of drug-likeness (QED) is 0.440. The highest BCUT2D eigenvalue weighted by Gasteiger charge is 2.47. The number of imide groups is 1. The van der Waals surface area contributed by atoms with Crippen molar-refractivity contribution in [2.75, 3.05) is 6.54 Å². The second-order valence-corrected chi connectivity index (χ2v) is 9.32. The molecule has 8 heteroatoms. The number of hydrogen-bond donors (Lipinski definition) is 1. The Kier molecular flexibility index (Phi) is 8.30. The van der Waals surface area contributed by atoms with Crippen LogP contribution in [0.15, 0.2) is 36.4 Å². The summed E-state index contributed by atoms with van der Waals surface area (Å²) in [5, 5.41) is 3.47. The van der Waals surface area contributed by atoms with E-state index in [-0.39, 0.29) is 61.0 Å². The molecule has 0 radical (unpaired) electrons. The lowest BCUT2D eigenvalue weighted by Gasteiger charge is -2.30. The molecular formula is C25H32ClN3O4. The zero-order chi connectivity index (χ0) is 24.1. The summed E-state index contributed by atoms with van der Waals surface area (Å²) in [6, 6.07) is 6.40. The first-order chi connectivity index (χ1) is 15.7. The lowest BCUT2D eigenvalue weighted by molar-refractivity contribution is -0.143. The van der Waals surface area contributed by atoms with Crippen LogP contribution in [-0.2, 0) is 25.7 Å². The van der Waals surface area contributed by atoms with Gasteiger partial charge >= 0.3 is 0 Å². The minimum absolute atomic E-state index is 0.0140. The van der Waals surface area contributed by atoms with Crippen LogP contribution < -0.4 is 5.32 Å². The van der Waals surface area contributed by atoms with Crippen molar-refractivity contribution in [3.05, 3.63) is 47.0 Å². The molecule has 2 aliphatic rings. The maximum atomic E-state index is 13.3. The Morgan fingerprint density at radius 1 is 1.15 bits per heavy atom. The summed E-state index contributed by atoms with van der Waals surface area (Å²) in [6.07, 6.45) is 5.74. The summed E-state index contributed by atoms with van der Waals surface area (Å²) in [4.78, 5) is 54.2. The second-order valence-electron chi connectivity index (χ2n) is 8.88. The first-order valence-electron chi connectivity index (χ1n) is 11.6. The van der Waals surface area contributed by atoms with Crippen molar-refractivity contribution in [1.29, 1.82) is 0 Å². The number of amides is 4. The summed E-state index contributed by atoms with van der Waals surface area (Å²) in [7, 11) is 0. The largest absolute Gasteiger partial charge is 0.352 e. The van der Waals surface area contributed by atoms with Gasteiger partial charge in [0.2, 0.25) is 23.6 Å². The van der Waals surface area contributed by atoms with Crippen LogP contribution in [0.1, 0.15) is 52.0 Å². The number of hydrogen-bond acceptors (Lipinski definition) is 4. The number of fused-ring (bicyclic) bond motifs is 1. The van der Waals surface area contributed by atoms with E-state index in [0.29, 0.717) is 17.9 Å². The Morgan fingerprint density at radius 3 is 2.36 bits per heavy atom. The maximum absolute atomic E-state index is 13.3. The minimum Gasteiger partial charge on any atom is -0.352 e. The fraction of sp³-hybridized carbons (Fsp3) is 0.520. The number of nitrogens with one attached hydrogen (secondary N) is 1. The van der Waals surface area contributed by atoms with Crippen molar-refractivity contribution in [3.63, 3.8) is 0 Å². The molecule has 1 heterocycles. The molecule has 7 nitrogen and oxygen atoms in total. The van der Waals surface area contributed by atoms with Crippen molar-refractivity contribution >= 4 is 35.2 Å². The molecule has 1 N–H and O–H groups in total. The van der Waals surface area contributed by atoms with Crippen LogP contribution in [0.4, 0.5) is 0 Å². The number of likely N-dealkylation sites (tertiary alicyclic amines) is 1. The maximum Gasteiger partial charge on any atom is 0.242 e. The molecule has 1 fully saturated rings. The normalized spacial score (nSPS) is 21.5. The molecule has 4 atom stereocenters. The predicted molar refractivity (Wildman–Crippen MR) is 126 cm³/mol. The van der Waals surface area contributed by atoms with Crippen molar-refractivity contribution < 1.29 is 19.2 Å². The molecule has 3 rings (SSSR count). The van der Waals surface area contributed by atoms with Crippen LogP contribution >= 0.6 is 11.6 Å². The highest BCUT2D eigenvalue weighted by atomic mass is 35.5. The molecule has 33 heavy (non-hydrogen) atoms. The number of carbonyl (C=O) groups is 4. The van der Waals surface area contributed by atoms with Crippen LogP contribution in [0, 0.1) is 11.8 Å². The number of nitrogens with zero attached hydrogens (tertiary/aromatic N) is 2. The van der Waals surface area contributed by atoms with E-state index in [4.69, 9.17) is 11.6 Å². The molecule has 4 amide bonds. The van der Waals surface area contributed by atoms with Crippen LogP contribution in [0.2, 0.25) is 5.02 Å². The van der Waals surface area contributed by atoms with Gasteiger partial charge in [-0.3, -0.25) is 24.1 Å². The first-order valence-corrected chi connectivity index (χ1v) is 11.9. The first kappa shape index (κ1) is 25.0. The summed E-state index contributed by atoms with van der Waals surface area (Å²) in [5.41, 5.74) is 0.796. The van der Waals surface area contributed by atoms with Gasteiger partial charge in [-0.25, -0.2) is 0 Å². The van der Waals surface area contributed by atoms with Crippen LogP contribution in [0.5, 0.6) is 0 Å². The van der Waals surface area contributed by atoms with Crippen molar-refractivity contribution in [2.24, 2.45) is 11.8 Å². The Labute approximate surface area is 200 Å². The summed E-state index contributed by atoms with van der Waals surface area (Å²) < 4.78 is 0. The fourth-order valence-electron chi connectivity index (χ4n) is 4.32. The molecule has 0 bridgehead atoms. The molecule has 1 aromatic rings. The molecular weight excluding hydrogens is 442 g/mol. The third-order valence-electron chi connectivity index (χ3n) is 6.56. The standard InChI is InChI=1S/C25H32ClN3O4/c1-4-16(2)27-23(31)17(3)29(15-18-8-7-9-19(26)14-18)22(30)12-13-28-24(32)20-10-5-6-11-21(20)25(28)33/h5-9,14,16-17,20-21H,4,10-13,15H2,1-3H3,(H,27,31)/t16-,17-,20-,21+/m1/s1. The highest BCUT2D eigenvalue weighted by Crippen LogP contribution is 2.35. The monoisotopic (exact) mass is 473 g/mol. The van der Waals surface area contributed by atoms with Crippen LogP contribution in [0.25, 0.3) is 0 Å². The topological polar surface area (TPSA) is 86.8 Å². The van der Waals surface area contributed by atoms with E-state index in [9.17, 15) is 19.2 Å². The Hall–Kier alpha value is -2.67. The van der Waals surface area contributed by atoms with Gasteiger partial charge < -0.3 is 10.2 Å². The van der Waals surface area contributed by atoms with E-state index >= 15 is 0 Å². The summed E-state index contributed by atoms with van der Waals surface area (Å²) >= 11 is 6.11. The van der Waals surface area contributed by atoms with E-state index in [1.54, 1.807) is 25.1 Å². The van der Waals surface area contributed by atoms with Gasteiger partial charge in [0.15, 0.2) is 0 Å². The highest BCUT2D eigenvalue weighted by molar-refractivity contribution is 6.30. The molecule has 0 saturated carbocycles. The molecule has 1 saturated heterocycles. The molecule has 1 aliphatic carbocycles. The van der Waals surface area contributed by atoms with Gasteiger partial charge in [-0.15, -0.1) is 0 Å². The second kappa shape index (κ2) is 11.0. The Morgan fingerprint density at radius 2 is 1.79 bits per heavy atom. The van der Waals surface area contributed by atoms with E-state index in [1.165, 1.54) is 9.80 Å². The molecule has 178 valence electrons. The predicted octanol–water partition coefficient (Wildman–Crippen LogP) is 3.31. The fourth-order valence-corrected chi connectivity index (χ4v) is 4.53. The Balaban J connectivity index is 1.72. The van der Waals surface area contributed by atoms with E-state index in [1.807, 2.05) is 32.1 Å². The van der Waals surface area contributed by atoms with Crippen molar-refractivity contribution in [3.8, 4) is 0 Å². The van der Waals surface area contributed by atoms with E-state index < -0.39 is 6.04 Å². The summed E-state index contributed by atoms with van der Waals surface area (Å²) in [5.74, 6) is -1.58. The van der Waals surface area contributed by atoms with E-state index in [0.717, 1.165) is 12.0 Å². The van der Waals surface area contributed by atoms with Gasteiger partial charge in [0, 0.05) is 30.6 Å². The van der Waals surface area contributed by atoms with Crippen LogP contribution in [0.3, 0.4) is 0 Å². The number of rotatable bonds is 9. The lowest BCUT2D eigenvalue weighted by Crippen LogP contribution is -2.50. The number of halogens is 1. The van der Waals surface area contributed by atoms with Gasteiger partial charge in [0.05, 0.1) is 11.8 Å². The average Bonchev–Trinajstić information content (AvgIpc) is 3.05. The van der Waals surface area contributed by atoms with Crippen LogP contribution in [-0.4, -0.2) is 52.1 Å². The van der Waals surface area contributed by atoms with Gasteiger partial charge in [-0.05, 0) is 50.8 Å². The smallest absolute Gasteiger partial charge is 0.242 e. The summed E-state index contributed by atoms with van der Waals surface area (Å²) in [6.45, 7) is 5.79. The molecule has 0 aromatic heterocycles. The van der Waals surface area contributed by atoms with Crippen molar-refractivity contribution in [1.82, 2.24) is 15.1 Å². The van der Waals surface area contributed by atoms with Crippen molar-refractivity contribution in [2.45, 2.75) is 65.1 Å². The number of allylic oxidation sites excluding steroid dienone is 2. The van der Waals surface area contributed by atoms with Gasteiger partial charge in [-0.1, -0.05) is 42.8 Å². The Bertz CT molecular complexity index is 921. The van der Waals surface area contributed by atoms with Gasteiger partial charge in [-0.2, -0.15) is 0 Å². The zero-order valence-corrected chi connectivity index (χ0v) is 20.2. The van der Waals surface area contributed by atoms with E-state index in [2.05, 4.69) is 5.32 Å². The average molecular weight is 474 g/mol. The number of carbonyl (C=O) groups excluding carboxylic acids is 4. The minimum atomic E-state index is -0.720. The molecule has 0 unspecified atom stereocenters. The molecule has 1 aromatic carbocycles. The zero-order valence-electron chi connectivity index (χ0n) is 19.4. The third-order valence-corrected chi connectivity index (χ3v) is 6.79. The van der Waals surface area contributed by atoms with Gasteiger partial charge in [0.1, 0.15) is 6.04 Å². The molecule has 0 spiro atoms. The number of benzene rings is 1.